The Morgan fingerprint density at radius 2 is 1.67 bits per heavy atom. The van der Waals surface area contributed by atoms with E-state index in [0.717, 1.165) is 0 Å². The summed E-state index contributed by atoms with van der Waals surface area (Å²) in [5.41, 5.74) is 1.08. The van der Waals surface area contributed by atoms with Crippen LogP contribution in [0.2, 0.25) is 0 Å². The summed E-state index contributed by atoms with van der Waals surface area (Å²) in [5, 5.41) is 20.6. The number of nitrogens with zero attached hydrogens (tertiary/aromatic N) is 1. The standard InChI is InChI=1S/C23H25NO6/c1-4-17(25)20-21(14-7-12-18(26)19(13-14)30-6-3)24(23(28)22(20)27)15-8-10-16(11-9-15)29-5-2/h7-13,21,26-27H,4-6H2,1-3H3. The second-order valence-corrected chi connectivity index (χ2v) is 6.70. The zero-order valence-corrected chi connectivity index (χ0v) is 17.2. The van der Waals surface area contributed by atoms with E-state index >= 15 is 0 Å². The number of Topliss-reactive ketones (excluding diaryl/α,β-unsaturated/α-hetero) is 1. The van der Waals surface area contributed by atoms with E-state index in [-0.39, 0.29) is 29.3 Å². The summed E-state index contributed by atoms with van der Waals surface area (Å²) in [5.74, 6) is -0.711. The van der Waals surface area contributed by atoms with Crippen molar-refractivity contribution in [2.24, 2.45) is 0 Å². The third kappa shape index (κ3) is 3.83. The Labute approximate surface area is 175 Å². The maximum absolute atomic E-state index is 13.0. The first-order valence-electron chi connectivity index (χ1n) is 9.91. The number of amides is 1. The lowest BCUT2D eigenvalue weighted by atomic mass is 9.94. The van der Waals surface area contributed by atoms with Crippen molar-refractivity contribution in [1.82, 2.24) is 0 Å². The molecular weight excluding hydrogens is 386 g/mol. The molecule has 0 saturated carbocycles. The number of hydrogen-bond acceptors (Lipinski definition) is 6. The summed E-state index contributed by atoms with van der Waals surface area (Å²) in [6.45, 7) is 6.18. The molecule has 1 aliphatic rings. The number of phenolic OH excluding ortho intramolecular Hbond substituents is 1. The third-order valence-corrected chi connectivity index (χ3v) is 4.85. The van der Waals surface area contributed by atoms with Gasteiger partial charge in [-0.2, -0.15) is 0 Å². The van der Waals surface area contributed by atoms with E-state index < -0.39 is 17.7 Å². The van der Waals surface area contributed by atoms with Crippen LogP contribution in [0.3, 0.4) is 0 Å². The van der Waals surface area contributed by atoms with Crippen molar-refractivity contribution in [3.05, 3.63) is 59.4 Å². The van der Waals surface area contributed by atoms with E-state index in [0.29, 0.717) is 30.2 Å². The van der Waals surface area contributed by atoms with Crippen LogP contribution in [0.5, 0.6) is 17.2 Å². The highest BCUT2D eigenvalue weighted by Crippen LogP contribution is 2.43. The van der Waals surface area contributed by atoms with Gasteiger partial charge in [-0.05, 0) is 55.8 Å². The number of carbonyl (C=O) groups excluding carboxylic acids is 2. The molecule has 1 amide bonds. The Morgan fingerprint density at radius 1 is 1.00 bits per heavy atom. The van der Waals surface area contributed by atoms with E-state index in [4.69, 9.17) is 9.47 Å². The summed E-state index contributed by atoms with van der Waals surface area (Å²) in [4.78, 5) is 27.0. The normalized spacial score (nSPS) is 16.2. The van der Waals surface area contributed by atoms with Gasteiger partial charge in [0.25, 0.3) is 5.91 Å². The lowest BCUT2D eigenvalue weighted by Gasteiger charge is -2.27. The Kier molecular flexibility index (Phi) is 6.30. The minimum Gasteiger partial charge on any atom is -0.504 e. The average Bonchev–Trinajstić information content (AvgIpc) is 3.01. The van der Waals surface area contributed by atoms with Crippen molar-refractivity contribution in [3.8, 4) is 17.2 Å². The predicted molar refractivity (Wildman–Crippen MR) is 112 cm³/mol. The zero-order valence-electron chi connectivity index (χ0n) is 17.2. The molecule has 2 aromatic carbocycles. The average molecular weight is 411 g/mol. The van der Waals surface area contributed by atoms with Crippen molar-refractivity contribution in [2.75, 3.05) is 18.1 Å². The molecule has 0 aromatic heterocycles. The SMILES string of the molecule is CCOc1ccc(N2C(=O)C(O)=C(C(=O)CC)C2c2ccc(O)c(OCC)c2)cc1. The van der Waals surface area contributed by atoms with E-state index in [2.05, 4.69) is 0 Å². The number of ketones is 1. The minimum absolute atomic E-state index is 0.0320. The van der Waals surface area contributed by atoms with Crippen molar-refractivity contribution in [3.63, 3.8) is 0 Å². The molecule has 1 heterocycles. The first-order valence-corrected chi connectivity index (χ1v) is 9.91. The molecule has 0 bridgehead atoms. The molecule has 0 aliphatic carbocycles. The monoisotopic (exact) mass is 411 g/mol. The van der Waals surface area contributed by atoms with Crippen molar-refractivity contribution >= 4 is 17.4 Å². The van der Waals surface area contributed by atoms with Gasteiger partial charge in [0.2, 0.25) is 0 Å². The van der Waals surface area contributed by atoms with Crippen LogP contribution in [0.25, 0.3) is 0 Å². The molecule has 0 fully saturated rings. The lowest BCUT2D eigenvalue weighted by molar-refractivity contribution is -0.118. The van der Waals surface area contributed by atoms with E-state index in [1.807, 2.05) is 6.92 Å². The van der Waals surface area contributed by atoms with Gasteiger partial charge < -0.3 is 19.7 Å². The number of aliphatic hydroxyl groups is 1. The van der Waals surface area contributed by atoms with Crippen LogP contribution in [-0.2, 0) is 9.59 Å². The Morgan fingerprint density at radius 3 is 2.27 bits per heavy atom. The second kappa shape index (κ2) is 8.90. The molecule has 2 aromatic rings. The van der Waals surface area contributed by atoms with Gasteiger partial charge in [0.05, 0.1) is 24.8 Å². The zero-order chi connectivity index (χ0) is 21.8. The highest BCUT2D eigenvalue weighted by atomic mass is 16.5. The molecule has 30 heavy (non-hydrogen) atoms. The third-order valence-electron chi connectivity index (χ3n) is 4.85. The quantitative estimate of drug-likeness (QED) is 0.680. The number of hydrogen-bond donors (Lipinski definition) is 2. The molecule has 1 aliphatic heterocycles. The second-order valence-electron chi connectivity index (χ2n) is 6.70. The van der Waals surface area contributed by atoms with Crippen LogP contribution in [0.1, 0.15) is 38.8 Å². The molecule has 2 N–H and O–H groups in total. The molecular formula is C23H25NO6. The van der Waals surface area contributed by atoms with E-state index in [1.165, 1.54) is 11.0 Å². The number of aliphatic hydroxyl groups excluding tert-OH is 1. The number of carbonyl (C=O) groups is 2. The van der Waals surface area contributed by atoms with Gasteiger partial charge in [0, 0.05) is 12.1 Å². The van der Waals surface area contributed by atoms with Gasteiger partial charge in [-0.1, -0.05) is 13.0 Å². The Hall–Kier alpha value is -3.48. The van der Waals surface area contributed by atoms with Gasteiger partial charge in [-0.3, -0.25) is 14.5 Å². The Balaban J connectivity index is 2.13. The van der Waals surface area contributed by atoms with Crippen LogP contribution in [0.4, 0.5) is 5.69 Å². The number of ether oxygens (including phenoxy) is 2. The largest absolute Gasteiger partial charge is 0.504 e. The maximum Gasteiger partial charge on any atom is 0.294 e. The van der Waals surface area contributed by atoms with E-state index in [9.17, 15) is 19.8 Å². The van der Waals surface area contributed by atoms with Crippen LogP contribution in [-0.4, -0.2) is 35.1 Å². The summed E-state index contributed by atoms with van der Waals surface area (Å²) in [7, 11) is 0. The van der Waals surface area contributed by atoms with Crippen LogP contribution < -0.4 is 14.4 Å². The van der Waals surface area contributed by atoms with E-state index in [1.54, 1.807) is 50.2 Å². The molecule has 158 valence electrons. The van der Waals surface area contributed by atoms with Crippen molar-refractivity contribution in [1.29, 1.82) is 0 Å². The van der Waals surface area contributed by atoms with Crippen LogP contribution in [0.15, 0.2) is 53.8 Å². The Bertz CT molecular complexity index is 980. The number of rotatable bonds is 8. The molecule has 0 spiro atoms. The lowest BCUT2D eigenvalue weighted by Crippen LogP contribution is -2.31. The van der Waals surface area contributed by atoms with Gasteiger partial charge in [0.15, 0.2) is 23.0 Å². The molecule has 3 rings (SSSR count). The number of aromatic hydroxyl groups is 1. The molecule has 7 heteroatoms. The summed E-state index contributed by atoms with van der Waals surface area (Å²) < 4.78 is 10.9. The first-order chi connectivity index (χ1) is 14.4. The number of benzene rings is 2. The van der Waals surface area contributed by atoms with Gasteiger partial charge in [-0.15, -0.1) is 0 Å². The summed E-state index contributed by atoms with van der Waals surface area (Å²) in [6, 6.07) is 10.6. The minimum atomic E-state index is -0.845. The fourth-order valence-corrected chi connectivity index (χ4v) is 3.50. The molecule has 1 unspecified atom stereocenters. The topological polar surface area (TPSA) is 96.3 Å². The predicted octanol–water partition coefficient (Wildman–Crippen LogP) is 4.07. The molecule has 0 saturated heterocycles. The fourth-order valence-electron chi connectivity index (χ4n) is 3.50. The molecule has 1 atom stereocenters. The van der Waals surface area contributed by atoms with Gasteiger partial charge in [0.1, 0.15) is 5.75 Å². The molecule has 0 radical (unpaired) electrons. The fraction of sp³-hybridized carbons (Fsp3) is 0.304. The van der Waals surface area contributed by atoms with Crippen molar-refractivity contribution < 1.29 is 29.3 Å². The highest BCUT2D eigenvalue weighted by molar-refractivity contribution is 6.16. The van der Waals surface area contributed by atoms with Crippen LogP contribution in [0, 0.1) is 0 Å². The van der Waals surface area contributed by atoms with Gasteiger partial charge in [-0.25, -0.2) is 0 Å². The van der Waals surface area contributed by atoms with Crippen LogP contribution >= 0.6 is 0 Å². The maximum atomic E-state index is 13.0. The molecule has 7 nitrogen and oxygen atoms in total. The highest BCUT2D eigenvalue weighted by Gasteiger charge is 2.44. The number of phenols is 1. The summed E-state index contributed by atoms with van der Waals surface area (Å²) >= 11 is 0. The first kappa shape index (κ1) is 21.2. The number of anilines is 1. The van der Waals surface area contributed by atoms with Gasteiger partial charge >= 0.3 is 0 Å². The smallest absolute Gasteiger partial charge is 0.294 e. The summed E-state index contributed by atoms with van der Waals surface area (Å²) in [6.07, 6.45) is 0.136. The van der Waals surface area contributed by atoms with Crippen molar-refractivity contribution in [2.45, 2.75) is 33.2 Å².